The van der Waals surface area contributed by atoms with E-state index in [0.29, 0.717) is 23.5 Å². The lowest BCUT2D eigenvalue weighted by atomic mass is 10.0. The molecule has 1 unspecified atom stereocenters. The van der Waals surface area contributed by atoms with Gasteiger partial charge in [-0.1, -0.05) is 51.4 Å². The molecule has 148 valence electrons. The number of oxime groups is 1. The predicted molar refractivity (Wildman–Crippen MR) is 111 cm³/mol. The van der Waals surface area contributed by atoms with Crippen LogP contribution >= 0.6 is 15.9 Å². The molecule has 3 aromatic rings. The molecule has 29 heavy (non-hydrogen) atoms. The maximum atomic E-state index is 13.9. The molecular formula is C21H18BrFN4O2. The second kappa shape index (κ2) is 8.16. The number of nitrogens with one attached hydrogen (secondary N) is 1. The zero-order valence-electron chi connectivity index (χ0n) is 15.6. The Morgan fingerprint density at radius 1 is 1.28 bits per heavy atom. The lowest BCUT2D eigenvalue weighted by Gasteiger charge is -2.08. The van der Waals surface area contributed by atoms with Gasteiger partial charge >= 0.3 is 0 Å². The molecule has 2 aromatic carbocycles. The molecule has 0 fully saturated rings. The molecule has 0 saturated heterocycles. The molecule has 1 atom stereocenters. The maximum absolute atomic E-state index is 13.9. The van der Waals surface area contributed by atoms with Gasteiger partial charge < -0.3 is 10.2 Å². The molecule has 0 spiro atoms. The number of aromatic nitrogens is 2. The number of anilines is 1. The van der Waals surface area contributed by atoms with E-state index in [4.69, 9.17) is 4.84 Å². The Labute approximate surface area is 175 Å². The van der Waals surface area contributed by atoms with E-state index in [9.17, 15) is 9.18 Å². The van der Waals surface area contributed by atoms with Gasteiger partial charge in [-0.05, 0) is 25.1 Å². The molecule has 1 aliphatic heterocycles. The highest BCUT2D eigenvalue weighted by Gasteiger charge is 2.29. The van der Waals surface area contributed by atoms with Crippen LogP contribution in [0.25, 0.3) is 0 Å². The van der Waals surface area contributed by atoms with Gasteiger partial charge in [-0.15, -0.1) is 0 Å². The summed E-state index contributed by atoms with van der Waals surface area (Å²) >= 11 is 3.43. The highest BCUT2D eigenvalue weighted by molar-refractivity contribution is 9.10. The van der Waals surface area contributed by atoms with Gasteiger partial charge in [0, 0.05) is 33.8 Å². The predicted octanol–water partition coefficient (Wildman–Crippen LogP) is 4.27. The Balaban J connectivity index is 1.40. The molecule has 0 aliphatic carbocycles. The smallest absolute Gasteiger partial charge is 0.269 e. The van der Waals surface area contributed by atoms with Crippen molar-refractivity contribution in [1.82, 2.24) is 9.78 Å². The van der Waals surface area contributed by atoms with Crippen LogP contribution in [0.3, 0.4) is 0 Å². The number of hydrogen-bond acceptors (Lipinski definition) is 4. The topological polar surface area (TPSA) is 68.5 Å². The molecule has 6 nitrogen and oxygen atoms in total. The first kappa shape index (κ1) is 19.3. The molecule has 2 heterocycles. The third kappa shape index (κ3) is 4.37. The fraction of sp³-hybridized carbons (Fsp3) is 0.190. The molecule has 0 bridgehead atoms. The van der Waals surface area contributed by atoms with Crippen LogP contribution in [0.2, 0.25) is 0 Å². The van der Waals surface area contributed by atoms with Crippen LogP contribution in [0.15, 0.2) is 64.2 Å². The lowest BCUT2D eigenvalue weighted by molar-refractivity contribution is -0.125. The summed E-state index contributed by atoms with van der Waals surface area (Å²) in [7, 11) is 0. The van der Waals surface area contributed by atoms with Crippen LogP contribution < -0.4 is 5.32 Å². The number of aryl methyl sites for hydroxylation is 1. The largest absolute Gasteiger partial charge is 0.382 e. The Bertz CT molecular complexity index is 1100. The van der Waals surface area contributed by atoms with Gasteiger partial charge in [0.1, 0.15) is 5.82 Å². The number of nitrogens with zero attached hydrogens (tertiary/aromatic N) is 3. The number of carbonyl (C=O) groups excluding carboxylic acids is 1. The van der Waals surface area contributed by atoms with Crippen LogP contribution in [0.4, 0.5) is 10.2 Å². The summed E-state index contributed by atoms with van der Waals surface area (Å²) in [6.45, 7) is 2.13. The van der Waals surface area contributed by atoms with E-state index >= 15 is 0 Å². The third-order valence-corrected chi connectivity index (χ3v) is 5.12. The highest BCUT2D eigenvalue weighted by Crippen LogP contribution is 2.21. The van der Waals surface area contributed by atoms with Gasteiger partial charge in [0.05, 0.1) is 12.3 Å². The van der Waals surface area contributed by atoms with Crippen LogP contribution in [0.5, 0.6) is 0 Å². The van der Waals surface area contributed by atoms with Crippen LogP contribution in [0, 0.1) is 12.7 Å². The molecule has 4 rings (SSSR count). The zero-order chi connectivity index (χ0) is 20.4. The molecule has 1 aliphatic rings. The van der Waals surface area contributed by atoms with E-state index in [-0.39, 0.29) is 18.3 Å². The summed E-state index contributed by atoms with van der Waals surface area (Å²) in [6, 6.07) is 16.0. The first-order valence-corrected chi connectivity index (χ1v) is 9.86. The first-order chi connectivity index (χ1) is 14.0. The van der Waals surface area contributed by atoms with Crippen molar-refractivity contribution in [2.24, 2.45) is 5.16 Å². The fourth-order valence-corrected chi connectivity index (χ4v) is 3.48. The Morgan fingerprint density at radius 3 is 2.90 bits per heavy atom. The van der Waals surface area contributed by atoms with E-state index in [1.807, 2.05) is 31.2 Å². The van der Waals surface area contributed by atoms with E-state index in [1.54, 1.807) is 28.9 Å². The SMILES string of the molecule is Cc1cc(NC(=O)C2CC(c3cccc(Br)c3)=NO2)nn1Cc1ccccc1F. The van der Waals surface area contributed by atoms with Crippen molar-refractivity contribution >= 4 is 33.4 Å². The standard InChI is InChI=1S/C21H18BrFN4O2/c1-13-9-20(25-27(13)12-15-5-2-3-8-17(15)23)24-21(28)19-11-18(26-29-19)14-6-4-7-16(22)10-14/h2-10,19H,11-12H2,1H3,(H,24,25,28). The zero-order valence-corrected chi connectivity index (χ0v) is 17.2. The fourth-order valence-electron chi connectivity index (χ4n) is 3.08. The van der Waals surface area contributed by atoms with E-state index in [2.05, 4.69) is 31.5 Å². The molecule has 0 radical (unpaired) electrons. The Morgan fingerprint density at radius 2 is 2.10 bits per heavy atom. The van der Waals surface area contributed by atoms with Gasteiger partial charge in [-0.3, -0.25) is 9.48 Å². The molecule has 1 amide bonds. The minimum atomic E-state index is -0.721. The molecular weight excluding hydrogens is 439 g/mol. The summed E-state index contributed by atoms with van der Waals surface area (Å²) in [6.07, 6.45) is -0.349. The maximum Gasteiger partial charge on any atom is 0.269 e. The van der Waals surface area contributed by atoms with Crippen LogP contribution in [-0.4, -0.2) is 27.5 Å². The van der Waals surface area contributed by atoms with Crippen molar-refractivity contribution in [1.29, 1.82) is 0 Å². The monoisotopic (exact) mass is 456 g/mol. The molecule has 8 heteroatoms. The van der Waals surface area contributed by atoms with Crippen molar-refractivity contribution < 1.29 is 14.0 Å². The Kier molecular flexibility index (Phi) is 5.44. The van der Waals surface area contributed by atoms with Crippen molar-refractivity contribution in [2.45, 2.75) is 26.0 Å². The normalized spacial score (nSPS) is 15.7. The number of hydrogen-bond donors (Lipinski definition) is 1. The Hall–Kier alpha value is -3.00. The lowest BCUT2D eigenvalue weighted by Crippen LogP contribution is -2.28. The number of halogens is 2. The van der Waals surface area contributed by atoms with E-state index in [1.165, 1.54) is 6.07 Å². The summed E-state index contributed by atoms with van der Waals surface area (Å²) in [5.74, 6) is -0.220. The summed E-state index contributed by atoms with van der Waals surface area (Å²) < 4.78 is 16.5. The summed E-state index contributed by atoms with van der Waals surface area (Å²) in [4.78, 5) is 17.9. The van der Waals surface area contributed by atoms with Gasteiger partial charge in [-0.2, -0.15) is 5.10 Å². The van der Waals surface area contributed by atoms with Gasteiger partial charge in [0.15, 0.2) is 5.82 Å². The second-order valence-corrected chi connectivity index (χ2v) is 7.67. The quantitative estimate of drug-likeness (QED) is 0.622. The number of amides is 1. The van der Waals surface area contributed by atoms with Gasteiger partial charge in [0.2, 0.25) is 6.10 Å². The average Bonchev–Trinajstić information content (AvgIpc) is 3.31. The first-order valence-electron chi connectivity index (χ1n) is 9.07. The molecule has 0 saturated carbocycles. The average molecular weight is 457 g/mol. The summed E-state index contributed by atoms with van der Waals surface area (Å²) in [5.41, 5.74) is 2.96. The van der Waals surface area contributed by atoms with Gasteiger partial charge in [-0.25, -0.2) is 4.39 Å². The van der Waals surface area contributed by atoms with Crippen molar-refractivity contribution in [3.8, 4) is 0 Å². The highest BCUT2D eigenvalue weighted by atomic mass is 79.9. The van der Waals surface area contributed by atoms with E-state index < -0.39 is 6.10 Å². The van der Waals surface area contributed by atoms with Gasteiger partial charge in [0.25, 0.3) is 5.91 Å². The van der Waals surface area contributed by atoms with Crippen LogP contribution in [-0.2, 0) is 16.2 Å². The third-order valence-electron chi connectivity index (χ3n) is 4.63. The second-order valence-electron chi connectivity index (χ2n) is 6.76. The number of rotatable bonds is 5. The van der Waals surface area contributed by atoms with Crippen LogP contribution in [0.1, 0.15) is 23.2 Å². The molecule has 1 N–H and O–H groups in total. The minimum Gasteiger partial charge on any atom is -0.382 e. The van der Waals surface area contributed by atoms with Crippen molar-refractivity contribution in [2.75, 3.05) is 5.32 Å². The van der Waals surface area contributed by atoms with Crippen molar-refractivity contribution in [3.05, 3.63) is 81.7 Å². The molecule has 1 aromatic heterocycles. The van der Waals surface area contributed by atoms with E-state index in [0.717, 1.165) is 15.7 Å². The summed E-state index contributed by atoms with van der Waals surface area (Å²) in [5, 5.41) is 11.2. The minimum absolute atomic E-state index is 0.282. The van der Waals surface area contributed by atoms with Crippen molar-refractivity contribution in [3.63, 3.8) is 0 Å². The number of carbonyl (C=O) groups is 1. The number of benzene rings is 2.